The number of hydrogen-bond acceptors (Lipinski definition) is 3. The highest BCUT2D eigenvalue weighted by Gasteiger charge is 2.57. The molecule has 0 amide bonds. The fourth-order valence-electron chi connectivity index (χ4n) is 4.54. The van der Waals surface area contributed by atoms with Gasteiger partial charge < -0.3 is 9.47 Å². The van der Waals surface area contributed by atoms with Gasteiger partial charge in [0.1, 0.15) is 12.6 Å². The normalized spacial score (nSPS) is 44.8. The summed E-state index contributed by atoms with van der Waals surface area (Å²) in [6.45, 7) is 0.396. The zero-order chi connectivity index (χ0) is 11.9. The molecule has 3 heteroatoms. The molecule has 0 heterocycles. The molecule has 4 atom stereocenters. The number of carbonyl (C=O) groups is 1. The molecule has 3 saturated carbocycles. The number of ether oxygens (including phenoxy) is 2. The van der Waals surface area contributed by atoms with E-state index < -0.39 is 0 Å². The van der Waals surface area contributed by atoms with Gasteiger partial charge in [0, 0.05) is 18.9 Å². The van der Waals surface area contributed by atoms with Crippen LogP contribution in [0.1, 0.15) is 44.9 Å². The third-order valence-corrected chi connectivity index (χ3v) is 5.31. The summed E-state index contributed by atoms with van der Waals surface area (Å²) in [5.74, 6) is 1.82. The van der Waals surface area contributed by atoms with Crippen LogP contribution in [0.2, 0.25) is 0 Å². The van der Waals surface area contributed by atoms with E-state index in [0.717, 1.165) is 32.1 Å². The molecule has 0 saturated heterocycles. The van der Waals surface area contributed by atoms with E-state index in [1.54, 1.807) is 7.11 Å². The predicted molar refractivity (Wildman–Crippen MR) is 63.5 cm³/mol. The summed E-state index contributed by atoms with van der Waals surface area (Å²) in [6.07, 6.45) is 7.94. The molecule has 0 aliphatic heterocycles. The van der Waals surface area contributed by atoms with Crippen molar-refractivity contribution in [2.45, 2.75) is 51.0 Å². The van der Waals surface area contributed by atoms with E-state index in [0.29, 0.717) is 30.5 Å². The van der Waals surface area contributed by atoms with Gasteiger partial charge in [-0.1, -0.05) is 0 Å². The molecule has 2 bridgehead atoms. The van der Waals surface area contributed by atoms with Gasteiger partial charge in [0.15, 0.2) is 0 Å². The SMILES string of the molecule is COCO[C@H]1CC[C@@]23C[C@@H]1C[C@H]2CCCC3=O. The summed E-state index contributed by atoms with van der Waals surface area (Å²) in [7, 11) is 1.67. The highest BCUT2D eigenvalue weighted by atomic mass is 16.7. The largest absolute Gasteiger partial charge is 0.359 e. The Morgan fingerprint density at radius 2 is 2.29 bits per heavy atom. The quantitative estimate of drug-likeness (QED) is 0.709. The molecular formula is C14H22O3. The van der Waals surface area contributed by atoms with Crippen molar-refractivity contribution in [2.75, 3.05) is 13.9 Å². The molecule has 96 valence electrons. The number of methoxy groups -OCH3 is 1. The van der Waals surface area contributed by atoms with E-state index in [2.05, 4.69) is 0 Å². The second kappa shape index (κ2) is 4.36. The smallest absolute Gasteiger partial charge is 0.146 e. The maximum Gasteiger partial charge on any atom is 0.146 e. The molecule has 0 aromatic carbocycles. The van der Waals surface area contributed by atoms with Gasteiger partial charge >= 0.3 is 0 Å². The Balaban J connectivity index is 1.74. The molecule has 3 rings (SSSR count). The molecule has 3 fully saturated rings. The van der Waals surface area contributed by atoms with E-state index in [4.69, 9.17) is 9.47 Å². The third kappa shape index (κ3) is 1.75. The monoisotopic (exact) mass is 238 g/mol. The molecule has 0 aromatic heterocycles. The molecule has 1 spiro atoms. The molecule has 3 nitrogen and oxygen atoms in total. The lowest BCUT2D eigenvalue weighted by Gasteiger charge is -2.41. The van der Waals surface area contributed by atoms with Gasteiger partial charge in [-0.25, -0.2) is 0 Å². The van der Waals surface area contributed by atoms with Crippen molar-refractivity contribution in [3.63, 3.8) is 0 Å². The lowest BCUT2D eigenvalue weighted by Crippen LogP contribution is -2.41. The topological polar surface area (TPSA) is 35.5 Å². The fraction of sp³-hybridized carbons (Fsp3) is 0.929. The first kappa shape index (κ1) is 11.7. The van der Waals surface area contributed by atoms with Gasteiger partial charge in [-0.2, -0.15) is 0 Å². The van der Waals surface area contributed by atoms with E-state index in [1.165, 1.54) is 12.8 Å². The van der Waals surface area contributed by atoms with Crippen LogP contribution in [-0.4, -0.2) is 25.8 Å². The zero-order valence-corrected chi connectivity index (χ0v) is 10.6. The van der Waals surface area contributed by atoms with Crippen molar-refractivity contribution in [2.24, 2.45) is 17.3 Å². The average Bonchev–Trinajstić information content (AvgIpc) is 2.64. The van der Waals surface area contributed by atoms with Crippen LogP contribution >= 0.6 is 0 Å². The van der Waals surface area contributed by atoms with Crippen molar-refractivity contribution in [1.29, 1.82) is 0 Å². The van der Waals surface area contributed by atoms with Crippen LogP contribution in [0.4, 0.5) is 0 Å². The predicted octanol–water partition coefficient (Wildman–Crippen LogP) is 2.53. The van der Waals surface area contributed by atoms with Crippen molar-refractivity contribution >= 4 is 5.78 Å². The highest BCUT2D eigenvalue weighted by molar-refractivity contribution is 5.86. The zero-order valence-electron chi connectivity index (χ0n) is 10.6. The minimum atomic E-state index is 0.0653. The van der Waals surface area contributed by atoms with Crippen molar-refractivity contribution in [3.8, 4) is 0 Å². The molecule has 3 aliphatic carbocycles. The Bertz CT molecular complexity index is 315. The summed E-state index contributed by atoms with van der Waals surface area (Å²) < 4.78 is 10.8. The maximum atomic E-state index is 12.3. The van der Waals surface area contributed by atoms with E-state index in [1.807, 2.05) is 0 Å². The molecule has 0 aromatic rings. The standard InChI is InChI=1S/C14H22O3/c1-16-9-17-12-5-6-14-8-10(12)7-11(14)3-2-4-13(14)15/h10-12H,2-9H2,1H3/t10-,11+,12-,14+/m0/s1. The average molecular weight is 238 g/mol. The Morgan fingerprint density at radius 1 is 1.41 bits per heavy atom. The van der Waals surface area contributed by atoms with Crippen LogP contribution in [-0.2, 0) is 14.3 Å². The molecule has 0 unspecified atom stereocenters. The highest BCUT2D eigenvalue weighted by Crippen LogP contribution is 2.59. The van der Waals surface area contributed by atoms with Crippen molar-refractivity contribution < 1.29 is 14.3 Å². The third-order valence-electron chi connectivity index (χ3n) is 5.31. The summed E-state index contributed by atoms with van der Waals surface area (Å²) in [4.78, 5) is 12.3. The van der Waals surface area contributed by atoms with Gasteiger partial charge in [-0.3, -0.25) is 4.79 Å². The van der Waals surface area contributed by atoms with Crippen molar-refractivity contribution in [3.05, 3.63) is 0 Å². The molecule has 0 radical (unpaired) electrons. The van der Waals surface area contributed by atoms with Crippen LogP contribution in [0, 0.1) is 17.3 Å². The van der Waals surface area contributed by atoms with Crippen LogP contribution in [0.15, 0.2) is 0 Å². The molecule has 3 aliphatic rings. The van der Waals surface area contributed by atoms with Crippen LogP contribution < -0.4 is 0 Å². The number of fused-ring (bicyclic) bond motifs is 1. The Hall–Kier alpha value is -0.410. The second-order valence-corrected chi connectivity index (χ2v) is 6.02. The Morgan fingerprint density at radius 3 is 3.12 bits per heavy atom. The van der Waals surface area contributed by atoms with Crippen molar-refractivity contribution in [1.82, 2.24) is 0 Å². The minimum absolute atomic E-state index is 0.0653. The second-order valence-electron chi connectivity index (χ2n) is 6.02. The van der Waals surface area contributed by atoms with E-state index in [-0.39, 0.29) is 5.41 Å². The van der Waals surface area contributed by atoms with Crippen LogP contribution in [0.25, 0.3) is 0 Å². The van der Waals surface area contributed by atoms with Gasteiger partial charge in [-0.05, 0) is 50.4 Å². The number of Topliss-reactive ketones (excluding diaryl/α,β-unsaturated/α-hetero) is 1. The number of rotatable bonds is 3. The van der Waals surface area contributed by atoms with Crippen LogP contribution in [0.5, 0.6) is 0 Å². The van der Waals surface area contributed by atoms with E-state index >= 15 is 0 Å². The lowest BCUT2D eigenvalue weighted by molar-refractivity contribution is -0.139. The molecule has 0 N–H and O–H groups in total. The summed E-state index contributed by atoms with van der Waals surface area (Å²) in [5.41, 5.74) is 0.0653. The molecular weight excluding hydrogens is 216 g/mol. The Labute approximate surface area is 103 Å². The van der Waals surface area contributed by atoms with Gasteiger partial charge in [0.25, 0.3) is 0 Å². The maximum absolute atomic E-state index is 12.3. The van der Waals surface area contributed by atoms with E-state index in [9.17, 15) is 4.79 Å². The summed E-state index contributed by atoms with van der Waals surface area (Å²) in [6, 6.07) is 0. The minimum Gasteiger partial charge on any atom is -0.359 e. The summed E-state index contributed by atoms with van der Waals surface area (Å²) in [5, 5.41) is 0. The molecule has 17 heavy (non-hydrogen) atoms. The lowest BCUT2D eigenvalue weighted by atomic mass is 9.63. The first-order chi connectivity index (χ1) is 8.26. The van der Waals surface area contributed by atoms with Gasteiger partial charge in [-0.15, -0.1) is 0 Å². The fourth-order valence-corrected chi connectivity index (χ4v) is 4.54. The first-order valence-electron chi connectivity index (χ1n) is 6.90. The first-order valence-corrected chi connectivity index (χ1v) is 6.90. The van der Waals surface area contributed by atoms with Gasteiger partial charge in [0.2, 0.25) is 0 Å². The number of carbonyl (C=O) groups excluding carboxylic acids is 1. The van der Waals surface area contributed by atoms with Crippen LogP contribution in [0.3, 0.4) is 0 Å². The number of hydrogen-bond donors (Lipinski definition) is 0. The number of ketones is 1. The summed E-state index contributed by atoms with van der Waals surface area (Å²) >= 11 is 0. The Kier molecular flexibility index (Phi) is 2.99. The van der Waals surface area contributed by atoms with Gasteiger partial charge in [0.05, 0.1) is 6.10 Å².